The van der Waals surface area contributed by atoms with Crippen molar-refractivity contribution < 1.29 is 22.0 Å². The second kappa shape index (κ2) is 8.62. The summed E-state index contributed by atoms with van der Waals surface area (Å²) in [7, 11) is 0. The van der Waals surface area contributed by atoms with E-state index in [9.17, 15) is 22.0 Å². The van der Waals surface area contributed by atoms with Crippen molar-refractivity contribution in [2.45, 2.75) is 34.2 Å². The average Bonchev–Trinajstić information content (AvgIpc) is 2.97. The van der Waals surface area contributed by atoms with E-state index in [0.29, 0.717) is 17.1 Å². The molecular formula is C21H19F5N4S. The van der Waals surface area contributed by atoms with E-state index in [1.165, 1.54) is 0 Å². The fourth-order valence-electron chi connectivity index (χ4n) is 3.19. The van der Waals surface area contributed by atoms with Crippen LogP contribution in [0, 0.1) is 56.8 Å². The van der Waals surface area contributed by atoms with Gasteiger partial charge in [0, 0.05) is 5.69 Å². The summed E-state index contributed by atoms with van der Waals surface area (Å²) in [5.41, 5.74) is 3.22. The molecule has 2 N–H and O–H groups in total. The Labute approximate surface area is 181 Å². The quantitative estimate of drug-likeness (QED) is 0.231. The highest BCUT2D eigenvalue weighted by Gasteiger charge is 2.26. The summed E-state index contributed by atoms with van der Waals surface area (Å²) in [6.45, 7) is 6.48. The third-order valence-corrected chi connectivity index (χ3v) is 5.06. The minimum atomic E-state index is -2.20. The van der Waals surface area contributed by atoms with Crippen molar-refractivity contribution in [3.8, 4) is 0 Å². The molecule has 3 aromatic rings. The number of aromatic nitrogens is 2. The zero-order chi connectivity index (χ0) is 23.0. The Balaban J connectivity index is 1.86. The van der Waals surface area contributed by atoms with Gasteiger partial charge in [-0.05, 0) is 51.5 Å². The average molecular weight is 454 g/mol. The lowest BCUT2D eigenvalue weighted by Gasteiger charge is -2.14. The van der Waals surface area contributed by atoms with E-state index in [-0.39, 0.29) is 5.11 Å². The molecule has 0 saturated heterocycles. The smallest absolute Gasteiger partial charge is 0.200 e. The highest BCUT2D eigenvalue weighted by Crippen LogP contribution is 2.26. The molecule has 0 atom stereocenters. The highest BCUT2D eigenvalue weighted by atomic mass is 32.1. The van der Waals surface area contributed by atoms with Crippen LogP contribution in [-0.2, 0) is 6.54 Å². The van der Waals surface area contributed by atoms with Gasteiger partial charge in [-0.3, -0.25) is 4.68 Å². The molecule has 2 aromatic carbocycles. The van der Waals surface area contributed by atoms with Crippen LogP contribution in [0.4, 0.5) is 33.3 Å². The fourth-order valence-corrected chi connectivity index (χ4v) is 3.40. The summed E-state index contributed by atoms with van der Waals surface area (Å²) in [4.78, 5) is 0. The Hall–Kier alpha value is -3.01. The van der Waals surface area contributed by atoms with Crippen molar-refractivity contribution in [1.29, 1.82) is 0 Å². The molecule has 3 rings (SSSR count). The van der Waals surface area contributed by atoms with Crippen molar-refractivity contribution in [2.24, 2.45) is 0 Å². The molecule has 1 heterocycles. The molecule has 164 valence electrons. The molecule has 1 aromatic heterocycles. The van der Waals surface area contributed by atoms with Crippen LogP contribution in [0.5, 0.6) is 0 Å². The number of hydrogen-bond acceptors (Lipinski definition) is 2. The zero-order valence-electron chi connectivity index (χ0n) is 17.1. The van der Waals surface area contributed by atoms with Gasteiger partial charge >= 0.3 is 0 Å². The van der Waals surface area contributed by atoms with Crippen LogP contribution in [0.3, 0.4) is 0 Å². The lowest BCUT2D eigenvalue weighted by molar-refractivity contribution is 0.366. The molecule has 0 spiro atoms. The molecule has 0 bridgehead atoms. The first kappa shape index (κ1) is 22.7. The molecule has 0 saturated carbocycles. The Morgan fingerprint density at radius 2 is 1.48 bits per heavy atom. The van der Waals surface area contributed by atoms with Crippen molar-refractivity contribution >= 4 is 28.7 Å². The maximum absolute atomic E-state index is 14.0. The van der Waals surface area contributed by atoms with Crippen LogP contribution in [0.15, 0.2) is 18.2 Å². The SMILES string of the molecule is Cc1ccc(NC(=S)Nc2c(C)nn(Cc3c(F)c(F)c(F)c(F)c3F)c2C)c(C)c1. The summed E-state index contributed by atoms with van der Waals surface area (Å²) in [6, 6.07) is 5.80. The van der Waals surface area contributed by atoms with E-state index >= 15 is 0 Å². The number of anilines is 2. The number of rotatable bonds is 4. The first-order valence-electron chi connectivity index (χ1n) is 9.20. The fraction of sp³-hybridized carbons (Fsp3) is 0.238. The molecule has 0 fully saturated rings. The minimum Gasteiger partial charge on any atom is -0.332 e. The predicted octanol–water partition coefficient (Wildman–Crippen LogP) is 5.67. The predicted molar refractivity (Wildman–Crippen MR) is 113 cm³/mol. The van der Waals surface area contributed by atoms with Crippen molar-refractivity contribution in [2.75, 3.05) is 10.6 Å². The lowest BCUT2D eigenvalue weighted by atomic mass is 10.1. The molecule has 0 amide bonds. The van der Waals surface area contributed by atoms with E-state index in [0.717, 1.165) is 21.5 Å². The van der Waals surface area contributed by atoms with Gasteiger partial charge < -0.3 is 10.6 Å². The van der Waals surface area contributed by atoms with Gasteiger partial charge in [0.1, 0.15) is 0 Å². The third kappa shape index (κ3) is 4.39. The summed E-state index contributed by atoms with van der Waals surface area (Å²) in [5.74, 6) is -9.95. The maximum Gasteiger partial charge on any atom is 0.200 e. The number of halogens is 5. The molecule has 0 radical (unpaired) electrons. The van der Waals surface area contributed by atoms with Gasteiger partial charge in [0.25, 0.3) is 0 Å². The minimum absolute atomic E-state index is 0.258. The van der Waals surface area contributed by atoms with Gasteiger partial charge in [0.15, 0.2) is 28.4 Å². The molecular weight excluding hydrogens is 435 g/mol. The Bertz CT molecular complexity index is 1160. The van der Waals surface area contributed by atoms with E-state index in [4.69, 9.17) is 12.2 Å². The van der Waals surface area contributed by atoms with Gasteiger partial charge in [-0.1, -0.05) is 17.7 Å². The standard InChI is InChI=1S/C21H19F5N4S/c1-9-5-6-14(10(2)7-9)27-21(31)28-20-11(3)29-30(12(20)4)8-13-15(22)17(24)19(26)18(25)16(13)23/h5-7H,8H2,1-4H3,(H2,27,28,31). The molecule has 0 aliphatic heterocycles. The van der Waals surface area contributed by atoms with Crippen molar-refractivity contribution in [3.05, 3.63) is 75.4 Å². The van der Waals surface area contributed by atoms with E-state index in [2.05, 4.69) is 15.7 Å². The number of hydrogen-bond donors (Lipinski definition) is 2. The first-order chi connectivity index (χ1) is 14.5. The zero-order valence-corrected chi connectivity index (χ0v) is 17.9. The molecule has 4 nitrogen and oxygen atoms in total. The van der Waals surface area contributed by atoms with E-state index < -0.39 is 41.2 Å². The van der Waals surface area contributed by atoms with Gasteiger partial charge in [-0.25, -0.2) is 22.0 Å². The first-order valence-corrected chi connectivity index (χ1v) is 9.61. The second-order valence-corrected chi connectivity index (χ2v) is 7.56. The number of aryl methyl sites for hydroxylation is 3. The maximum atomic E-state index is 14.0. The molecule has 0 aliphatic rings. The summed E-state index contributed by atoms with van der Waals surface area (Å²) in [6.07, 6.45) is 0. The van der Waals surface area contributed by atoms with E-state index in [1.807, 2.05) is 32.0 Å². The van der Waals surface area contributed by atoms with Crippen LogP contribution in [0.1, 0.15) is 28.1 Å². The Morgan fingerprint density at radius 3 is 2.06 bits per heavy atom. The molecule has 31 heavy (non-hydrogen) atoms. The van der Waals surface area contributed by atoms with Gasteiger partial charge in [0.05, 0.1) is 29.2 Å². The number of thiocarbonyl (C=S) groups is 1. The number of benzene rings is 2. The third-order valence-electron chi connectivity index (χ3n) is 4.86. The largest absolute Gasteiger partial charge is 0.332 e. The Morgan fingerprint density at radius 1 is 0.903 bits per heavy atom. The van der Waals surface area contributed by atoms with Crippen LogP contribution in [0.2, 0.25) is 0 Å². The monoisotopic (exact) mass is 454 g/mol. The Kier molecular flexibility index (Phi) is 6.30. The molecule has 10 heteroatoms. The lowest BCUT2D eigenvalue weighted by Crippen LogP contribution is -2.20. The number of nitrogens with zero attached hydrogens (tertiary/aromatic N) is 2. The van der Waals surface area contributed by atoms with Crippen LogP contribution in [-0.4, -0.2) is 14.9 Å². The van der Waals surface area contributed by atoms with Crippen LogP contribution in [0.25, 0.3) is 0 Å². The summed E-state index contributed by atoms with van der Waals surface area (Å²) >= 11 is 5.34. The summed E-state index contributed by atoms with van der Waals surface area (Å²) in [5, 5.41) is 10.5. The second-order valence-electron chi connectivity index (χ2n) is 7.15. The van der Waals surface area contributed by atoms with Crippen molar-refractivity contribution in [1.82, 2.24) is 9.78 Å². The normalized spacial score (nSPS) is 11.0. The molecule has 0 unspecified atom stereocenters. The van der Waals surface area contributed by atoms with Gasteiger partial charge in [-0.15, -0.1) is 0 Å². The van der Waals surface area contributed by atoms with E-state index in [1.54, 1.807) is 13.8 Å². The van der Waals surface area contributed by atoms with Crippen molar-refractivity contribution in [3.63, 3.8) is 0 Å². The summed E-state index contributed by atoms with van der Waals surface area (Å²) < 4.78 is 69.5. The van der Waals surface area contributed by atoms with Crippen LogP contribution < -0.4 is 10.6 Å². The molecule has 0 aliphatic carbocycles. The van der Waals surface area contributed by atoms with Crippen LogP contribution >= 0.6 is 12.2 Å². The topological polar surface area (TPSA) is 41.9 Å². The van der Waals surface area contributed by atoms with Gasteiger partial charge in [0.2, 0.25) is 5.82 Å². The van der Waals surface area contributed by atoms with Gasteiger partial charge in [-0.2, -0.15) is 5.10 Å². The number of nitrogens with one attached hydrogen (secondary N) is 2. The highest BCUT2D eigenvalue weighted by molar-refractivity contribution is 7.80.